The van der Waals surface area contributed by atoms with Crippen LogP contribution in [0.1, 0.15) is 25.3 Å². The standard InChI is InChI=1S/C20H28N6/c1-16-6-8-25(9-7-16)19-15-21-23-20(22-19)26-12-10-24(11-13-26)18-5-3-4-17(2)14-18/h3-5,14-16H,6-13H2,1-2H3. The molecule has 4 rings (SSSR count). The van der Waals surface area contributed by atoms with E-state index in [0.29, 0.717) is 0 Å². The van der Waals surface area contributed by atoms with Crippen LogP contribution in [0.3, 0.4) is 0 Å². The highest BCUT2D eigenvalue weighted by Crippen LogP contribution is 2.23. The molecule has 0 N–H and O–H groups in total. The Balaban J connectivity index is 1.41. The number of hydrogen-bond acceptors (Lipinski definition) is 6. The average Bonchev–Trinajstić information content (AvgIpc) is 2.69. The predicted molar refractivity (Wildman–Crippen MR) is 106 cm³/mol. The number of benzene rings is 1. The van der Waals surface area contributed by atoms with Crippen LogP contribution in [0, 0.1) is 12.8 Å². The molecule has 0 atom stereocenters. The molecule has 0 aliphatic carbocycles. The van der Waals surface area contributed by atoms with Crippen molar-refractivity contribution in [3.8, 4) is 0 Å². The van der Waals surface area contributed by atoms with Crippen molar-refractivity contribution in [2.75, 3.05) is 54.0 Å². The van der Waals surface area contributed by atoms with E-state index in [2.05, 4.69) is 63.0 Å². The Kier molecular flexibility index (Phi) is 4.91. The number of aromatic nitrogens is 3. The van der Waals surface area contributed by atoms with Crippen molar-refractivity contribution in [2.45, 2.75) is 26.7 Å². The maximum absolute atomic E-state index is 4.82. The Labute approximate surface area is 155 Å². The fourth-order valence-corrected chi connectivity index (χ4v) is 3.80. The molecule has 26 heavy (non-hydrogen) atoms. The first-order valence-electron chi connectivity index (χ1n) is 9.70. The van der Waals surface area contributed by atoms with E-state index < -0.39 is 0 Å². The van der Waals surface area contributed by atoms with Gasteiger partial charge in [0, 0.05) is 45.0 Å². The van der Waals surface area contributed by atoms with Crippen LogP contribution < -0.4 is 14.7 Å². The van der Waals surface area contributed by atoms with Gasteiger partial charge in [0.25, 0.3) is 0 Å². The van der Waals surface area contributed by atoms with Gasteiger partial charge < -0.3 is 14.7 Å². The molecule has 2 saturated heterocycles. The Hall–Kier alpha value is -2.37. The van der Waals surface area contributed by atoms with E-state index in [4.69, 9.17) is 4.98 Å². The number of rotatable bonds is 3. The van der Waals surface area contributed by atoms with Gasteiger partial charge in [0.05, 0.1) is 6.20 Å². The zero-order valence-electron chi connectivity index (χ0n) is 15.8. The van der Waals surface area contributed by atoms with Crippen LogP contribution in [0.5, 0.6) is 0 Å². The van der Waals surface area contributed by atoms with E-state index in [1.807, 2.05) is 6.20 Å². The third kappa shape index (κ3) is 3.74. The van der Waals surface area contributed by atoms with Gasteiger partial charge in [-0.2, -0.15) is 10.1 Å². The number of piperidine rings is 1. The van der Waals surface area contributed by atoms with Crippen LogP contribution in [-0.2, 0) is 0 Å². The summed E-state index contributed by atoms with van der Waals surface area (Å²) in [7, 11) is 0. The number of piperazine rings is 1. The van der Waals surface area contributed by atoms with Gasteiger partial charge >= 0.3 is 0 Å². The summed E-state index contributed by atoms with van der Waals surface area (Å²) in [6, 6.07) is 8.73. The van der Waals surface area contributed by atoms with Gasteiger partial charge in [-0.05, 0) is 43.4 Å². The zero-order valence-corrected chi connectivity index (χ0v) is 15.8. The molecule has 6 heteroatoms. The molecule has 2 aromatic rings. The monoisotopic (exact) mass is 352 g/mol. The first-order chi connectivity index (χ1) is 12.7. The summed E-state index contributed by atoms with van der Waals surface area (Å²) in [5, 5.41) is 8.54. The predicted octanol–water partition coefficient (Wildman–Crippen LogP) is 2.74. The van der Waals surface area contributed by atoms with Crippen molar-refractivity contribution in [1.29, 1.82) is 0 Å². The molecular weight excluding hydrogens is 324 g/mol. The molecule has 138 valence electrons. The van der Waals surface area contributed by atoms with E-state index in [9.17, 15) is 0 Å². The topological polar surface area (TPSA) is 48.4 Å². The minimum atomic E-state index is 0.769. The number of aryl methyl sites for hydroxylation is 1. The van der Waals surface area contributed by atoms with Crippen molar-refractivity contribution in [3.63, 3.8) is 0 Å². The van der Waals surface area contributed by atoms with E-state index in [0.717, 1.165) is 57.0 Å². The minimum Gasteiger partial charge on any atom is -0.368 e. The van der Waals surface area contributed by atoms with Gasteiger partial charge in [0.15, 0.2) is 5.82 Å². The highest BCUT2D eigenvalue weighted by atomic mass is 15.4. The summed E-state index contributed by atoms with van der Waals surface area (Å²) in [4.78, 5) is 11.9. The van der Waals surface area contributed by atoms with Crippen LogP contribution in [0.25, 0.3) is 0 Å². The lowest BCUT2D eigenvalue weighted by atomic mass is 9.99. The summed E-state index contributed by atoms with van der Waals surface area (Å²) < 4.78 is 0. The Bertz CT molecular complexity index is 733. The highest BCUT2D eigenvalue weighted by molar-refractivity contribution is 5.50. The smallest absolute Gasteiger partial charge is 0.247 e. The van der Waals surface area contributed by atoms with Gasteiger partial charge in [-0.1, -0.05) is 19.1 Å². The summed E-state index contributed by atoms with van der Waals surface area (Å²) in [6.45, 7) is 10.4. The molecular formula is C20H28N6. The van der Waals surface area contributed by atoms with Gasteiger partial charge in [0.1, 0.15) is 0 Å². The molecule has 0 bridgehead atoms. The second-order valence-electron chi connectivity index (χ2n) is 7.60. The lowest BCUT2D eigenvalue weighted by Crippen LogP contribution is -2.47. The molecule has 0 spiro atoms. The first-order valence-corrected chi connectivity index (χ1v) is 9.70. The Morgan fingerprint density at radius 2 is 1.65 bits per heavy atom. The maximum atomic E-state index is 4.82. The molecule has 0 amide bonds. The van der Waals surface area contributed by atoms with Crippen LogP contribution in [-0.4, -0.2) is 54.4 Å². The summed E-state index contributed by atoms with van der Waals surface area (Å²) in [5.41, 5.74) is 2.61. The summed E-state index contributed by atoms with van der Waals surface area (Å²) in [5.74, 6) is 2.56. The molecule has 1 aromatic carbocycles. The van der Waals surface area contributed by atoms with Gasteiger partial charge in [-0.15, -0.1) is 5.10 Å². The van der Waals surface area contributed by atoms with E-state index >= 15 is 0 Å². The zero-order chi connectivity index (χ0) is 17.9. The molecule has 3 heterocycles. The van der Waals surface area contributed by atoms with Crippen LogP contribution in [0.15, 0.2) is 30.5 Å². The Morgan fingerprint density at radius 3 is 2.38 bits per heavy atom. The average molecular weight is 352 g/mol. The van der Waals surface area contributed by atoms with Gasteiger partial charge in [0.2, 0.25) is 5.95 Å². The SMILES string of the molecule is Cc1cccc(N2CCN(c3nncc(N4CCC(C)CC4)n3)CC2)c1. The van der Waals surface area contributed by atoms with Crippen LogP contribution in [0.2, 0.25) is 0 Å². The van der Waals surface area contributed by atoms with Crippen molar-refractivity contribution >= 4 is 17.5 Å². The van der Waals surface area contributed by atoms with Gasteiger partial charge in [-0.25, -0.2) is 0 Å². The van der Waals surface area contributed by atoms with Crippen molar-refractivity contribution in [1.82, 2.24) is 15.2 Å². The molecule has 0 saturated carbocycles. The van der Waals surface area contributed by atoms with Crippen molar-refractivity contribution < 1.29 is 0 Å². The first kappa shape index (κ1) is 17.1. The van der Waals surface area contributed by atoms with E-state index in [-0.39, 0.29) is 0 Å². The van der Waals surface area contributed by atoms with E-state index in [1.165, 1.54) is 24.1 Å². The fourth-order valence-electron chi connectivity index (χ4n) is 3.80. The molecule has 2 aliphatic rings. The van der Waals surface area contributed by atoms with E-state index in [1.54, 1.807) is 0 Å². The lowest BCUT2D eigenvalue weighted by Gasteiger charge is -2.36. The fraction of sp³-hybridized carbons (Fsp3) is 0.550. The van der Waals surface area contributed by atoms with Crippen LogP contribution >= 0.6 is 0 Å². The normalized spacial score (nSPS) is 19.1. The molecule has 2 aliphatic heterocycles. The maximum Gasteiger partial charge on any atom is 0.247 e. The number of hydrogen-bond donors (Lipinski definition) is 0. The molecule has 1 aromatic heterocycles. The summed E-state index contributed by atoms with van der Waals surface area (Å²) in [6.07, 6.45) is 4.27. The second-order valence-corrected chi connectivity index (χ2v) is 7.60. The molecule has 2 fully saturated rings. The van der Waals surface area contributed by atoms with Crippen LogP contribution in [0.4, 0.5) is 17.5 Å². The largest absolute Gasteiger partial charge is 0.368 e. The molecule has 0 radical (unpaired) electrons. The summed E-state index contributed by atoms with van der Waals surface area (Å²) >= 11 is 0. The Morgan fingerprint density at radius 1 is 0.923 bits per heavy atom. The van der Waals surface area contributed by atoms with Crippen molar-refractivity contribution in [3.05, 3.63) is 36.0 Å². The minimum absolute atomic E-state index is 0.769. The van der Waals surface area contributed by atoms with Crippen molar-refractivity contribution in [2.24, 2.45) is 5.92 Å². The molecule has 6 nitrogen and oxygen atoms in total. The lowest BCUT2D eigenvalue weighted by molar-refractivity contribution is 0.436. The quantitative estimate of drug-likeness (QED) is 0.847. The van der Waals surface area contributed by atoms with Gasteiger partial charge in [-0.3, -0.25) is 0 Å². The molecule has 0 unspecified atom stereocenters. The third-order valence-corrected chi connectivity index (χ3v) is 5.57. The highest BCUT2D eigenvalue weighted by Gasteiger charge is 2.22. The third-order valence-electron chi connectivity index (χ3n) is 5.57. The number of nitrogens with zero attached hydrogens (tertiary/aromatic N) is 6. The number of anilines is 3. The second kappa shape index (κ2) is 7.48.